The minimum atomic E-state index is 0.157. The molecule has 8 nitrogen and oxygen atoms in total. The van der Waals surface area contributed by atoms with Gasteiger partial charge < -0.3 is 20.4 Å². The Hall–Kier alpha value is -3.16. The lowest BCUT2D eigenvalue weighted by molar-refractivity contribution is -0.131. The van der Waals surface area contributed by atoms with Crippen LogP contribution in [-0.4, -0.2) is 73.1 Å². The number of piperazine rings is 1. The molecule has 1 amide bonds. The molecule has 31 heavy (non-hydrogen) atoms. The summed E-state index contributed by atoms with van der Waals surface area (Å²) in [7, 11) is 1.75. The Bertz CT molecular complexity index is 863. The first-order chi connectivity index (χ1) is 15.1. The Morgan fingerprint density at radius 1 is 1.13 bits per heavy atom. The van der Waals surface area contributed by atoms with Gasteiger partial charge in [-0.3, -0.25) is 9.79 Å². The predicted octanol–water partition coefficient (Wildman–Crippen LogP) is 1.79. The lowest BCUT2D eigenvalue weighted by atomic mass is 9.99. The Balaban J connectivity index is 1.36. The lowest BCUT2D eigenvalue weighted by Crippen LogP contribution is -2.50. The number of nitrogens with one attached hydrogen (secondary N) is 2. The maximum Gasteiger partial charge on any atom is 0.225 e. The highest BCUT2D eigenvalue weighted by atomic mass is 16.2. The molecule has 1 aromatic heterocycles. The smallest absolute Gasteiger partial charge is 0.225 e. The van der Waals surface area contributed by atoms with E-state index in [1.807, 2.05) is 11.0 Å². The van der Waals surface area contributed by atoms with E-state index in [0.29, 0.717) is 32.0 Å². The molecule has 1 aliphatic rings. The zero-order chi connectivity index (χ0) is 22.1. The average molecular weight is 424 g/mol. The van der Waals surface area contributed by atoms with Crippen molar-refractivity contribution in [3.63, 3.8) is 0 Å². The highest BCUT2D eigenvalue weighted by Crippen LogP contribution is 2.15. The van der Waals surface area contributed by atoms with Gasteiger partial charge in [-0.25, -0.2) is 9.97 Å². The fourth-order valence-corrected chi connectivity index (χ4v) is 3.62. The molecule has 166 valence electrons. The van der Waals surface area contributed by atoms with Gasteiger partial charge in [-0.1, -0.05) is 36.8 Å². The molecule has 2 heterocycles. The predicted molar refractivity (Wildman–Crippen MR) is 124 cm³/mol. The van der Waals surface area contributed by atoms with Crippen LogP contribution in [0.25, 0.3) is 0 Å². The van der Waals surface area contributed by atoms with E-state index in [2.05, 4.69) is 68.6 Å². The molecule has 1 saturated heterocycles. The molecule has 0 saturated carbocycles. The number of aromatic nitrogens is 2. The van der Waals surface area contributed by atoms with Crippen molar-refractivity contribution in [1.82, 2.24) is 25.5 Å². The van der Waals surface area contributed by atoms with Crippen molar-refractivity contribution in [3.05, 3.63) is 53.9 Å². The molecule has 2 N–H and O–H groups in total. The molecule has 0 bridgehead atoms. The maximum atomic E-state index is 12.6. The van der Waals surface area contributed by atoms with E-state index < -0.39 is 0 Å². The first kappa shape index (κ1) is 22.5. The summed E-state index contributed by atoms with van der Waals surface area (Å²) in [5.41, 5.74) is 2.57. The second-order valence-corrected chi connectivity index (χ2v) is 7.86. The average Bonchev–Trinajstić information content (AvgIpc) is 2.81. The third kappa shape index (κ3) is 6.67. The molecule has 1 unspecified atom stereocenters. The van der Waals surface area contributed by atoms with Gasteiger partial charge in [0, 0.05) is 65.1 Å². The summed E-state index contributed by atoms with van der Waals surface area (Å²) in [5, 5.41) is 6.61. The quantitative estimate of drug-likeness (QED) is 0.522. The number of nitrogens with zero attached hydrogens (tertiary/aromatic N) is 5. The van der Waals surface area contributed by atoms with E-state index in [0.717, 1.165) is 31.5 Å². The summed E-state index contributed by atoms with van der Waals surface area (Å²) in [6, 6.07) is 10.4. The van der Waals surface area contributed by atoms with Gasteiger partial charge in [-0.05, 0) is 24.5 Å². The second-order valence-electron chi connectivity index (χ2n) is 7.86. The van der Waals surface area contributed by atoms with Crippen LogP contribution in [-0.2, 0) is 4.79 Å². The Labute approximate surface area is 184 Å². The second kappa shape index (κ2) is 11.3. The molecular weight excluding hydrogens is 390 g/mol. The van der Waals surface area contributed by atoms with Crippen LogP contribution in [0.1, 0.15) is 30.4 Å². The van der Waals surface area contributed by atoms with Crippen molar-refractivity contribution in [2.75, 3.05) is 51.2 Å². The van der Waals surface area contributed by atoms with Crippen molar-refractivity contribution in [2.45, 2.75) is 26.2 Å². The monoisotopic (exact) mass is 423 g/mol. The third-order valence-corrected chi connectivity index (χ3v) is 5.51. The third-order valence-electron chi connectivity index (χ3n) is 5.51. The van der Waals surface area contributed by atoms with Crippen LogP contribution in [0.2, 0.25) is 0 Å². The Morgan fingerprint density at radius 2 is 1.87 bits per heavy atom. The number of amides is 1. The number of anilines is 1. The first-order valence-corrected chi connectivity index (χ1v) is 10.9. The molecule has 1 aromatic carbocycles. The van der Waals surface area contributed by atoms with Crippen molar-refractivity contribution in [3.8, 4) is 0 Å². The fraction of sp³-hybridized carbons (Fsp3) is 0.478. The molecule has 1 fully saturated rings. The topological polar surface area (TPSA) is 85.8 Å². The van der Waals surface area contributed by atoms with E-state index in [-0.39, 0.29) is 5.91 Å². The van der Waals surface area contributed by atoms with Crippen molar-refractivity contribution in [2.24, 2.45) is 4.99 Å². The SMILES string of the molecule is CN=C(NCCC(=O)N1CCN(c2ncccn2)CC1)NCC(C)c1cccc(C)c1. The van der Waals surface area contributed by atoms with Crippen molar-refractivity contribution in [1.29, 1.82) is 0 Å². The highest BCUT2D eigenvalue weighted by Gasteiger charge is 2.22. The molecule has 0 radical (unpaired) electrons. The number of carbonyl (C=O) groups excluding carboxylic acids is 1. The summed E-state index contributed by atoms with van der Waals surface area (Å²) in [4.78, 5) is 29.4. The van der Waals surface area contributed by atoms with Crippen LogP contribution in [0.3, 0.4) is 0 Å². The van der Waals surface area contributed by atoms with Gasteiger partial charge >= 0.3 is 0 Å². The lowest BCUT2D eigenvalue weighted by Gasteiger charge is -2.34. The zero-order valence-electron chi connectivity index (χ0n) is 18.7. The van der Waals surface area contributed by atoms with Gasteiger partial charge in [0.2, 0.25) is 11.9 Å². The molecule has 1 atom stereocenters. The van der Waals surface area contributed by atoms with Gasteiger partial charge in [0.1, 0.15) is 0 Å². The van der Waals surface area contributed by atoms with E-state index in [4.69, 9.17) is 0 Å². The molecule has 8 heteroatoms. The zero-order valence-corrected chi connectivity index (χ0v) is 18.7. The van der Waals surface area contributed by atoms with E-state index in [1.54, 1.807) is 19.4 Å². The maximum absolute atomic E-state index is 12.6. The van der Waals surface area contributed by atoms with Crippen molar-refractivity contribution >= 4 is 17.8 Å². The number of guanidine groups is 1. The number of hydrogen-bond acceptors (Lipinski definition) is 5. The summed E-state index contributed by atoms with van der Waals surface area (Å²) >= 11 is 0. The highest BCUT2D eigenvalue weighted by molar-refractivity contribution is 5.81. The van der Waals surface area contributed by atoms with Crippen LogP contribution < -0.4 is 15.5 Å². The van der Waals surface area contributed by atoms with Gasteiger partial charge in [0.25, 0.3) is 0 Å². The van der Waals surface area contributed by atoms with Crippen LogP contribution in [0.4, 0.5) is 5.95 Å². The van der Waals surface area contributed by atoms with Gasteiger partial charge in [-0.15, -0.1) is 0 Å². The van der Waals surface area contributed by atoms with Gasteiger partial charge in [0.15, 0.2) is 5.96 Å². The van der Waals surface area contributed by atoms with Crippen molar-refractivity contribution < 1.29 is 4.79 Å². The molecule has 1 aliphatic heterocycles. The number of carbonyl (C=O) groups is 1. The summed E-state index contributed by atoms with van der Waals surface area (Å²) < 4.78 is 0. The molecule has 2 aromatic rings. The van der Waals surface area contributed by atoms with Crippen LogP contribution in [0.15, 0.2) is 47.7 Å². The van der Waals surface area contributed by atoms with Crippen LogP contribution in [0, 0.1) is 6.92 Å². The summed E-state index contributed by atoms with van der Waals surface area (Å²) in [6.07, 6.45) is 3.93. The molecule has 0 aliphatic carbocycles. The number of aryl methyl sites for hydroxylation is 1. The molecule has 0 spiro atoms. The normalized spacial score (nSPS) is 15.5. The number of rotatable bonds is 7. The van der Waals surface area contributed by atoms with Crippen LogP contribution >= 0.6 is 0 Å². The summed E-state index contributed by atoms with van der Waals surface area (Å²) in [6.45, 7) is 8.53. The largest absolute Gasteiger partial charge is 0.356 e. The Kier molecular flexibility index (Phi) is 8.20. The van der Waals surface area contributed by atoms with E-state index in [1.165, 1.54) is 11.1 Å². The first-order valence-electron chi connectivity index (χ1n) is 10.9. The minimum Gasteiger partial charge on any atom is -0.356 e. The molecule has 3 rings (SSSR count). The standard InChI is InChI=1S/C23H33N7O/c1-18-6-4-7-20(16-18)19(2)17-28-22(24-3)25-11-8-21(31)29-12-14-30(15-13-29)23-26-9-5-10-27-23/h4-7,9-10,16,19H,8,11-15,17H2,1-3H3,(H2,24,25,28). The molecular formula is C23H33N7O. The van der Waals surface area contributed by atoms with Gasteiger partial charge in [0.05, 0.1) is 0 Å². The van der Waals surface area contributed by atoms with Gasteiger partial charge in [-0.2, -0.15) is 0 Å². The van der Waals surface area contributed by atoms with E-state index >= 15 is 0 Å². The number of aliphatic imine (C=N–C) groups is 1. The Morgan fingerprint density at radius 3 is 2.55 bits per heavy atom. The summed E-state index contributed by atoms with van der Waals surface area (Å²) in [5.74, 6) is 1.97. The van der Waals surface area contributed by atoms with E-state index in [9.17, 15) is 4.79 Å². The number of hydrogen-bond donors (Lipinski definition) is 2. The number of benzene rings is 1. The fourth-order valence-electron chi connectivity index (χ4n) is 3.62. The minimum absolute atomic E-state index is 0.157. The van der Waals surface area contributed by atoms with Crippen LogP contribution in [0.5, 0.6) is 0 Å².